The van der Waals surface area contributed by atoms with Crippen LogP contribution in [0.5, 0.6) is 0 Å². The van der Waals surface area contributed by atoms with Gasteiger partial charge in [-0.3, -0.25) is 10.6 Å². The third kappa shape index (κ3) is 5.22. The van der Waals surface area contributed by atoms with E-state index in [-0.39, 0.29) is 0 Å². The maximum absolute atomic E-state index is 8.26. The maximum atomic E-state index is 8.26. The lowest BCUT2D eigenvalue weighted by atomic mass is 10.3. The van der Waals surface area contributed by atoms with Crippen molar-refractivity contribution in [2.24, 2.45) is 0 Å². The molecule has 1 aromatic carbocycles. The molecule has 5 heteroatoms. The molecule has 1 heterocycles. The fraction of sp³-hybridized carbons (Fsp3) is 0. The molecule has 0 aliphatic heterocycles. The van der Waals surface area contributed by atoms with E-state index < -0.39 is 0 Å². The third-order valence-corrected chi connectivity index (χ3v) is 2.34. The number of anilines is 2. The van der Waals surface area contributed by atoms with Crippen LogP contribution in [-0.2, 0) is 0 Å². The van der Waals surface area contributed by atoms with E-state index in [1.54, 1.807) is 48.0 Å². The third-order valence-electron chi connectivity index (χ3n) is 1.71. The SMILES string of the molecule is N#CNc1ccc(NC#N)cc1.c1ccsc1. The van der Waals surface area contributed by atoms with Crippen molar-refractivity contribution in [2.75, 3.05) is 10.6 Å². The first-order chi connectivity index (χ1) is 8.36. The first kappa shape index (κ1) is 12.6. The number of nitrogens with zero attached hydrogens (tertiary/aromatic N) is 2. The molecule has 0 spiro atoms. The number of thiophene rings is 1. The fourth-order valence-electron chi connectivity index (χ4n) is 0.993. The van der Waals surface area contributed by atoms with Crippen LogP contribution in [0.25, 0.3) is 0 Å². The van der Waals surface area contributed by atoms with Crippen molar-refractivity contribution in [3.8, 4) is 12.4 Å². The first-order valence-corrected chi connectivity index (χ1v) is 5.68. The molecule has 4 nitrogen and oxygen atoms in total. The highest BCUT2D eigenvalue weighted by atomic mass is 32.1. The Kier molecular flexibility index (Phi) is 5.73. The zero-order valence-corrected chi connectivity index (χ0v) is 9.74. The topological polar surface area (TPSA) is 71.6 Å². The Bertz CT molecular complexity index is 439. The second-order valence-corrected chi connectivity index (χ2v) is 3.66. The van der Waals surface area contributed by atoms with Gasteiger partial charge in [-0.15, -0.1) is 0 Å². The molecule has 0 unspecified atom stereocenters. The minimum absolute atomic E-state index is 0.709. The van der Waals surface area contributed by atoms with Gasteiger partial charge in [0.05, 0.1) is 0 Å². The van der Waals surface area contributed by atoms with E-state index in [4.69, 9.17) is 10.5 Å². The first-order valence-electron chi connectivity index (χ1n) is 4.74. The van der Waals surface area contributed by atoms with Gasteiger partial charge in [-0.1, -0.05) is 12.1 Å². The summed E-state index contributed by atoms with van der Waals surface area (Å²) in [6, 6.07) is 10.9. The smallest absolute Gasteiger partial charge is 0.181 e. The summed E-state index contributed by atoms with van der Waals surface area (Å²) >= 11 is 1.71. The maximum Gasteiger partial charge on any atom is 0.181 e. The van der Waals surface area contributed by atoms with E-state index in [0.717, 1.165) is 0 Å². The van der Waals surface area contributed by atoms with Crippen LogP contribution < -0.4 is 10.6 Å². The highest BCUT2D eigenvalue weighted by molar-refractivity contribution is 7.07. The van der Waals surface area contributed by atoms with E-state index in [0.29, 0.717) is 11.4 Å². The second kappa shape index (κ2) is 7.75. The molecule has 0 saturated heterocycles. The molecular formula is C12H10N4S. The van der Waals surface area contributed by atoms with Gasteiger partial charge in [-0.2, -0.15) is 21.9 Å². The lowest BCUT2D eigenvalue weighted by Gasteiger charge is -1.98. The van der Waals surface area contributed by atoms with Crippen LogP contribution in [0.1, 0.15) is 0 Å². The highest BCUT2D eigenvalue weighted by Crippen LogP contribution is 2.12. The summed E-state index contributed by atoms with van der Waals surface area (Å²) in [5.74, 6) is 0. The van der Waals surface area contributed by atoms with Gasteiger partial charge in [-0.25, -0.2) is 0 Å². The Hall–Kier alpha value is -2.50. The summed E-state index contributed by atoms with van der Waals surface area (Å²) in [6.07, 6.45) is 3.60. The predicted molar refractivity (Wildman–Crippen MR) is 69.2 cm³/mol. The van der Waals surface area contributed by atoms with Crippen LogP contribution in [0.2, 0.25) is 0 Å². The normalized spacial score (nSPS) is 7.88. The van der Waals surface area contributed by atoms with Crippen LogP contribution >= 0.6 is 11.3 Å². The highest BCUT2D eigenvalue weighted by Gasteiger charge is 1.90. The largest absolute Gasteiger partial charge is 0.293 e. The van der Waals surface area contributed by atoms with Gasteiger partial charge in [0.15, 0.2) is 12.4 Å². The van der Waals surface area contributed by atoms with E-state index in [1.165, 1.54) is 0 Å². The van der Waals surface area contributed by atoms with Gasteiger partial charge < -0.3 is 0 Å². The zero-order valence-electron chi connectivity index (χ0n) is 8.92. The molecule has 2 aromatic rings. The number of hydrogen-bond acceptors (Lipinski definition) is 5. The molecule has 0 bridgehead atoms. The van der Waals surface area contributed by atoms with Gasteiger partial charge in [0, 0.05) is 11.4 Å². The molecule has 2 N–H and O–H groups in total. The molecule has 0 radical (unpaired) electrons. The monoisotopic (exact) mass is 242 g/mol. The molecule has 0 fully saturated rings. The summed E-state index contributed by atoms with van der Waals surface area (Å²) in [5.41, 5.74) is 1.42. The zero-order chi connectivity index (χ0) is 12.3. The van der Waals surface area contributed by atoms with Crippen LogP contribution in [0, 0.1) is 22.9 Å². The number of benzene rings is 1. The van der Waals surface area contributed by atoms with E-state index in [1.807, 2.05) is 22.9 Å². The summed E-state index contributed by atoms with van der Waals surface area (Å²) in [5, 5.41) is 25.6. The fourth-order valence-corrected chi connectivity index (χ4v) is 1.45. The van der Waals surface area contributed by atoms with Crippen LogP contribution in [0.15, 0.2) is 47.2 Å². The van der Waals surface area contributed by atoms with Crippen molar-refractivity contribution in [2.45, 2.75) is 0 Å². The summed E-state index contributed by atoms with van der Waals surface area (Å²) in [7, 11) is 0. The number of nitriles is 2. The van der Waals surface area contributed by atoms with Gasteiger partial charge in [0.25, 0.3) is 0 Å². The molecule has 17 heavy (non-hydrogen) atoms. The lowest BCUT2D eigenvalue weighted by Crippen LogP contribution is -1.89. The average Bonchev–Trinajstić information content (AvgIpc) is 2.91. The minimum Gasteiger partial charge on any atom is -0.293 e. The summed E-state index contributed by atoms with van der Waals surface area (Å²) in [6.45, 7) is 0. The Balaban J connectivity index is 0.000000239. The standard InChI is InChI=1S/C8H6N4.C4H4S/c9-5-11-7-1-2-8(4-3-7)12-6-10;1-2-4-5-3-1/h1-4,11-12H;1-4H. The predicted octanol–water partition coefficient (Wildman–Crippen LogP) is 3.22. The Labute approximate surface area is 104 Å². The molecule has 1 aromatic heterocycles. The molecule has 84 valence electrons. The molecule has 0 atom stereocenters. The number of nitrogens with one attached hydrogen (secondary N) is 2. The Morgan fingerprint density at radius 1 is 0.824 bits per heavy atom. The van der Waals surface area contributed by atoms with Crippen LogP contribution in [0.3, 0.4) is 0 Å². The van der Waals surface area contributed by atoms with Crippen LogP contribution in [0.4, 0.5) is 11.4 Å². The van der Waals surface area contributed by atoms with Crippen molar-refractivity contribution < 1.29 is 0 Å². The van der Waals surface area contributed by atoms with Gasteiger partial charge in [-0.05, 0) is 35.0 Å². The Morgan fingerprint density at radius 2 is 1.24 bits per heavy atom. The van der Waals surface area contributed by atoms with Crippen LogP contribution in [-0.4, -0.2) is 0 Å². The van der Waals surface area contributed by atoms with E-state index >= 15 is 0 Å². The number of hydrogen-bond donors (Lipinski definition) is 2. The van der Waals surface area contributed by atoms with E-state index in [9.17, 15) is 0 Å². The molecule has 0 aliphatic carbocycles. The molecule has 0 amide bonds. The molecule has 2 rings (SSSR count). The quantitative estimate of drug-likeness (QED) is 0.626. The summed E-state index contributed by atoms with van der Waals surface area (Å²) < 4.78 is 0. The van der Waals surface area contributed by atoms with Gasteiger partial charge in [0.2, 0.25) is 0 Å². The second-order valence-electron chi connectivity index (χ2n) is 2.84. The van der Waals surface area contributed by atoms with Crippen molar-refractivity contribution in [3.05, 3.63) is 47.2 Å². The molecule has 0 saturated carbocycles. The van der Waals surface area contributed by atoms with Gasteiger partial charge >= 0.3 is 0 Å². The van der Waals surface area contributed by atoms with Gasteiger partial charge in [0.1, 0.15) is 0 Å². The lowest BCUT2D eigenvalue weighted by molar-refractivity contribution is 1.45. The number of rotatable bonds is 2. The molecule has 0 aliphatic rings. The Morgan fingerprint density at radius 3 is 1.47 bits per heavy atom. The minimum atomic E-state index is 0.709. The van der Waals surface area contributed by atoms with E-state index in [2.05, 4.69) is 10.6 Å². The van der Waals surface area contributed by atoms with Crippen molar-refractivity contribution in [1.82, 2.24) is 0 Å². The molecular weight excluding hydrogens is 232 g/mol. The summed E-state index contributed by atoms with van der Waals surface area (Å²) in [4.78, 5) is 0. The average molecular weight is 242 g/mol. The van der Waals surface area contributed by atoms with Crippen molar-refractivity contribution >= 4 is 22.7 Å². The van der Waals surface area contributed by atoms with Crippen molar-refractivity contribution in [1.29, 1.82) is 10.5 Å². The van der Waals surface area contributed by atoms with Crippen molar-refractivity contribution in [3.63, 3.8) is 0 Å².